The molecule has 4 rings (SSSR count). The highest BCUT2D eigenvalue weighted by Gasteiger charge is 2.30. The fourth-order valence-corrected chi connectivity index (χ4v) is 3.24. The van der Waals surface area contributed by atoms with Gasteiger partial charge in [0.1, 0.15) is 12.4 Å². The first-order valence-electron chi connectivity index (χ1n) is 8.58. The average molecular weight is 349 g/mol. The number of amides is 1. The molecule has 26 heavy (non-hydrogen) atoms. The van der Waals surface area contributed by atoms with Crippen LogP contribution < -0.4 is 5.56 Å². The van der Waals surface area contributed by atoms with Crippen LogP contribution in [0, 0.1) is 0 Å². The minimum absolute atomic E-state index is 0.0314. The SMILES string of the molecule is C[C@H]1c2nc(-c3ccccc3)nn2CCN1C(=O)Cn1ccccc1=O. The van der Waals surface area contributed by atoms with Gasteiger partial charge >= 0.3 is 0 Å². The number of fused-ring (bicyclic) bond motifs is 1. The van der Waals surface area contributed by atoms with E-state index < -0.39 is 0 Å². The first kappa shape index (κ1) is 16.3. The highest BCUT2D eigenvalue weighted by Crippen LogP contribution is 2.26. The van der Waals surface area contributed by atoms with Crippen molar-refractivity contribution in [2.75, 3.05) is 6.54 Å². The second-order valence-corrected chi connectivity index (χ2v) is 6.31. The Morgan fingerprint density at radius 1 is 1.12 bits per heavy atom. The lowest BCUT2D eigenvalue weighted by Crippen LogP contribution is -2.43. The van der Waals surface area contributed by atoms with Crippen molar-refractivity contribution >= 4 is 5.91 Å². The second-order valence-electron chi connectivity index (χ2n) is 6.31. The third kappa shape index (κ3) is 2.92. The van der Waals surface area contributed by atoms with Crippen LogP contribution in [0.4, 0.5) is 0 Å². The van der Waals surface area contributed by atoms with Gasteiger partial charge in [-0.15, -0.1) is 0 Å². The molecule has 0 spiro atoms. The minimum Gasteiger partial charge on any atom is -0.329 e. The fourth-order valence-electron chi connectivity index (χ4n) is 3.24. The Labute approximate surface area is 150 Å². The number of aromatic nitrogens is 4. The monoisotopic (exact) mass is 349 g/mol. The largest absolute Gasteiger partial charge is 0.329 e. The number of rotatable bonds is 3. The van der Waals surface area contributed by atoms with Gasteiger partial charge in [0.25, 0.3) is 5.56 Å². The third-order valence-electron chi connectivity index (χ3n) is 4.65. The lowest BCUT2D eigenvalue weighted by atomic mass is 10.2. The zero-order valence-corrected chi connectivity index (χ0v) is 14.4. The molecule has 0 unspecified atom stereocenters. The number of benzene rings is 1. The summed E-state index contributed by atoms with van der Waals surface area (Å²) in [4.78, 5) is 31.0. The molecule has 1 amide bonds. The van der Waals surface area contributed by atoms with E-state index in [9.17, 15) is 9.59 Å². The van der Waals surface area contributed by atoms with Crippen molar-refractivity contribution in [2.45, 2.75) is 26.1 Å². The molecule has 1 aromatic carbocycles. The Balaban J connectivity index is 1.57. The van der Waals surface area contributed by atoms with Crippen LogP contribution in [0.15, 0.2) is 59.5 Å². The molecule has 0 aliphatic carbocycles. The average Bonchev–Trinajstić information content (AvgIpc) is 3.10. The van der Waals surface area contributed by atoms with Gasteiger partial charge in [0.05, 0.1) is 12.6 Å². The van der Waals surface area contributed by atoms with Crippen LogP contribution in [0.2, 0.25) is 0 Å². The van der Waals surface area contributed by atoms with E-state index in [1.54, 1.807) is 23.2 Å². The van der Waals surface area contributed by atoms with Crippen molar-refractivity contribution in [1.82, 2.24) is 24.2 Å². The zero-order chi connectivity index (χ0) is 18.1. The highest BCUT2D eigenvalue weighted by molar-refractivity contribution is 5.76. The van der Waals surface area contributed by atoms with E-state index in [1.165, 1.54) is 10.6 Å². The van der Waals surface area contributed by atoms with Crippen molar-refractivity contribution in [3.63, 3.8) is 0 Å². The van der Waals surface area contributed by atoms with Gasteiger partial charge in [0.2, 0.25) is 5.91 Å². The molecule has 3 aromatic rings. The number of carbonyl (C=O) groups is 1. The number of nitrogens with zero attached hydrogens (tertiary/aromatic N) is 5. The molecule has 1 aliphatic rings. The smallest absolute Gasteiger partial charge is 0.250 e. The molecular weight excluding hydrogens is 330 g/mol. The number of hydrogen-bond donors (Lipinski definition) is 0. The summed E-state index contributed by atoms with van der Waals surface area (Å²) >= 11 is 0. The molecule has 0 saturated heterocycles. The number of carbonyl (C=O) groups excluding carboxylic acids is 1. The molecule has 132 valence electrons. The van der Waals surface area contributed by atoms with Crippen LogP contribution in [0.3, 0.4) is 0 Å². The molecule has 0 radical (unpaired) electrons. The van der Waals surface area contributed by atoms with Crippen LogP contribution in [-0.2, 0) is 17.9 Å². The number of hydrogen-bond acceptors (Lipinski definition) is 4. The molecule has 0 bridgehead atoms. The summed E-state index contributed by atoms with van der Waals surface area (Å²) < 4.78 is 3.29. The first-order valence-corrected chi connectivity index (χ1v) is 8.58. The van der Waals surface area contributed by atoms with Crippen molar-refractivity contribution in [2.24, 2.45) is 0 Å². The maximum absolute atomic E-state index is 12.7. The molecule has 2 aromatic heterocycles. The summed E-state index contributed by atoms with van der Waals surface area (Å²) in [5, 5.41) is 4.58. The lowest BCUT2D eigenvalue weighted by molar-refractivity contribution is -0.135. The van der Waals surface area contributed by atoms with E-state index in [0.29, 0.717) is 18.9 Å². The molecule has 7 nitrogen and oxygen atoms in total. The molecule has 3 heterocycles. The van der Waals surface area contributed by atoms with Gasteiger partial charge in [-0.2, -0.15) is 5.10 Å². The Bertz CT molecular complexity index is 992. The fraction of sp³-hybridized carbons (Fsp3) is 0.263. The Morgan fingerprint density at radius 3 is 2.65 bits per heavy atom. The van der Waals surface area contributed by atoms with Crippen molar-refractivity contribution in [3.05, 3.63) is 70.9 Å². The van der Waals surface area contributed by atoms with E-state index in [2.05, 4.69) is 10.1 Å². The first-order chi connectivity index (χ1) is 12.6. The zero-order valence-electron chi connectivity index (χ0n) is 14.4. The normalized spacial score (nSPS) is 16.3. The van der Waals surface area contributed by atoms with E-state index in [0.717, 1.165) is 11.4 Å². The predicted octanol–water partition coefficient (Wildman–Crippen LogP) is 1.71. The highest BCUT2D eigenvalue weighted by atomic mass is 16.2. The lowest BCUT2D eigenvalue weighted by Gasteiger charge is -2.33. The van der Waals surface area contributed by atoms with Crippen molar-refractivity contribution in [3.8, 4) is 11.4 Å². The molecular formula is C19H19N5O2. The van der Waals surface area contributed by atoms with Gasteiger partial charge in [-0.3, -0.25) is 9.59 Å². The third-order valence-corrected chi connectivity index (χ3v) is 4.65. The van der Waals surface area contributed by atoms with E-state index in [-0.39, 0.29) is 24.1 Å². The summed E-state index contributed by atoms with van der Waals surface area (Å²) in [6.07, 6.45) is 1.63. The Hall–Kier alpha value is -3.22. The predicted molar refractivity (Wildman–Crippen MR) is 96.3 cm³/mol. The van der Waals surface area contributed by atoms with Crippen molar-refractivity contribution in [1.29, 1.82) is 0 Å². The van der Waals surface area contributed by atoms with Gasteiger partial charge in [0, 0.05) is 24.4 Å². The van der Waals surface area contributed by atoms with E-state index >= 15 is 0 Å². The van der Waals surface area contributed by atoms with Gasteiger partial charge in [-0.25, -0.2) is 9.67 Å². The second kappa shape index (κ2) is 6.59. The van der Waals surface area contributed by atoms with Crippen LogP contribution in [0.1, 0.15) is 18.8 Å². The van der Waals surface area contributed by atoms with Gasteiger partial charge < -0.3 is 9.47 Å². The number of pyridine rings is 1. The van der Waals surface area contributed by atoms with E-state index in [1.807, 2.05) is 41.9 Å². The molecule has 7 heteroatoms. The standard InChI is InChI=1S/C19H19N5O2/c1-14-19-20-18(15-7-3-2-4-8-15)21-24(19)12-11-23(14)17(26)13-22-10-6-5-9-16(22)25/h2-10,14H,11-13H2,1H3/t14-/m0/s1. The maximum Gasteiger partial charge on any atom is 0.250 e. The van der Waals surface area contributed by atoms with Crippen LogP contribution in [0.25, 0.3) is 11.4 Å². The maximum atomic E-state index is 12.7. The summed E-state index contributed by atoms with van der Waals surface area (Å²) in [6.45, 7) is 3.12. The van der Waals surface area contributed by atoms with Crippen molar-refractivity contribution < 1.29 is 4.79 Å². The van der Waals surface area contributed by atoms with Gasteiger partial charge in [-0.05, 0) is 13.0 Å². The quantitative estimate of drug-likeness (QED) is 0.722. The molecule has 0 saturated carbocycles. The van der Waals surface area contributed by atoms with Crippen LogP contribution in [-0.4, -0.2) is 36.7 Å². The van der Waals surface area contributed by atoms with Gasteiger partial charge in [-0.1, -0.05) is 36.4 Å². The summed E-state index contributed by atoms with van der Waals surface area (Å²) in [5.74, 6) is 1.34. The molecule has 1 aliphatic heterocycles. The molecule has 0 fully saturated rings. The molecule has 1 atom stereocenters. The van der Waals surface area contributed by atoms with Crippen LogP contribution >= 0.6 is 0 Å². The Morgan fingerprint density at radius 2 is 1.88 bits per heavy atom. The molecule has 0 N–H and O–H groups in total. The van der Waals surface area contributed by atoms with Crippen LogP contribution in [0.5, 0.6) is 0 Å². The summed E-state index contributed by atoms with van der Waals surface area (Å²) in [5.41, 5.74) is 0.773. The summed E-state index contributed by atoms with van der Waals surface area (Å²) in [7, 11) is 0. The van der Waals surface area contributed by atoms with Gasteiger partial charge in [0.15, 0.2) is 5.82 Å². The summed E-state index contributed by atoms with van der Waals surface area (Å²) in [6, 6.07) is 14.5. The topological polar surface area (TPSA) is 73.0 Å². The van der Waals surface area contributed by atoms with E-state index in [4.69, 9.17) is 0 Å². The Kier molecular flexibility index (Phi) is 4.12. The minimum atomic E-state index is -0.194.